The second-order valence-corrected chi connectivity index (χ2v) is 8.26. The van der Waals surface area contributed by atoms with Gasteiger partial charge in [0.2, 0.25) is 0 Å². The minimum absolute atomic E-state index is 0.0707. The second kappa shape index (κ2) is 7.62. The molecular weight excluding hydrogens is 451 g/mol. The lowest BCUT2D eigenvalue weighted by Gasteiger charge is -2.09. The molecule has 0 unspecified atom stereocenters. The molecule has 2 N–H and O–H groups in total. The number of alkyl halides is 3. The highest BCUT2D eigenvalue weighted by Crippen LogP contribution is 2.35. The van der Waals surface area contributed by atoms with Crippen LogP contribution in [0.25, 0.3) is 6.08 Å². The molecular formula is C17H11BrF3NO4S. The lowest BCUT2D eigenvalue weighted by atomic mass is 10.1. The van der Waals surface area contributed by atoms with Gasteiger partial charge in [-0.25, -0.2) is 8.42 Å². The molecule has 142 valence electrons. The van der Waals surface area contributed by atoms with E-state index < -0.39 is 43.7 Å². The van der Waals surface area contributed by atoms with Crippen LogP contribution in [0.4, 0.5) is 13.2 Å². The smallest absolute Gasteiger partial charge is 0.416 e. The molecule has 0 aromatic heterocycles. The van der Waals surface area contributed by atoms with Crippen molar-refractivity contribution < 1.29 is 31.8 Å². The van der Waals surface area contributed by atoms with Crippen molar-refractivity contribution in [2.75, 3.05) is 0 Å². The normalized spacial score (nSPS) is 12.6. The Kier molecular flexibility index (Phi) is 5.87. The number of phenolic OH excluding ortho intramolecular Hbond substituents is 2. The zero-order valence-corrected chi connectivity index (χ0v) is 15.7. The Labute approximate surface area is 161 Å². The summed E-state index contributed by atoms with van der Waals surface area (Å²) in [5.41, 5.74) is -1.02. The SMILES string of the molecule is N#CC(=Cc1cc(O)c(O)c(Br)c1)S(=O)(=O)Cc1cccc(C(F)(F)F)c1. The number of benzene rings is 2. The first kappa shape index (κ1) is 20.8. The third-order valence-electron chi connectivity index (χ3n) is 3.42. The van der Waals surface area contributed by atoms with Crippen molar-refractivity contribution in [2.24, 2.45) is 0 Å². The molecule has 0 heterocycles. The highest BCUT2D eigenvalue weighted by Gasteiger charge is 2.31. The van der Waals surface area contributed by atoms with E-state index in [4.69, 9.17) is 0 Å². The maximum absolute atomic E-state index is 12.8. The van der Waals surface area contributed by atoms with E-state index in [1.54, 1.807) is 0 Å². The third-order valence-corrected chi connectivity index (χ3v) is 5.62. The van der Waals surface area contributed by atoms with Crippen LogP contribution in [0.5, 0.6) is 11.5 Å². The highest BCUT2D eigenvalue weighted by molar-refractivity contribution is 9.10. The topological polar surface area (TPSA) is 98.4 Å². The van der Waals surface area contributed by atoms with Gasteiger partial charge in [-0.15, -0.1) is 0 Å². The van der Waals surface area contributed by atoms with Crippen LogP contribution < -0.4 is 0 Å². The Bertz CT molecular complexity index is 1030. The molecule has 5 nitrogen and oxygen atoms in total. The van der Waals surface area contributed by atoms with Gasteiger partial charge in [0, 0.05) is 0 Å². The molecule has 0 aliphatic rings. The number of sulfone groups is 1. The van der Waals surface area contributed by atoms with Crippen LogP contribution in [0.1, 0.15) is 16.7 Å². The van der Waals surface area contributed by atoms with Crippen LogP contribution in [-0.4, -0.2) is 18.6 Å². The quantitative estimate of drug-likeness (QED) is 0.520. The largest absolute Gasteiger partial charge is 0.504 e. The van der Waals surface area contributed by atoms with Crippen LogP contribution in [0.15, 0.2) is 45.8 Å². The summed E-state index contributed by atoms with van der Waals surface area (Å²) in [6.45, 7) is 0. The fourth-order valence-electron chi connectivity index (χ4n) is 2.17. The van der Waals surface area contributed by atoms with E-state index in [-0.39, 0.29) is 15.6 Å². The molecule has 0 fully saturated rings. The molecule has 27 heavy (non-hydrogen) atoms. The van der Waals surface area contributed by atoms with Crippen molar-refractivity contribution in [3.05, 3.63) is 62.5 Å². The first-order valence-corrected chi connectivity index (χ1v) is 9.61. The maximum Gasteiger partial charge on any atom is 0.416 e. The zero-order chi connectivity index (χ0) is 20.4. The van der Waals surface area contributed by atoms with Crippen molar-refractivity contribution in [3.8, 4) is 17.6 Å². The van der Waals surface area contributed by atoms with Gasteiger partial charge < -0.3 is 10.2 Å². The summed E-state index contributed by atoms with van der Waals surface area (Å²) in [6, 6.07) is 7.62. The van der Waals surface area contributed by atoms with E-state index >= 15 is 0 Å². The Balaban J connectivity index is 2.41. The van der Waals surface area contributed by atoms with Gasteiger partial charge in [-0.05, 0) is 51.3 Å². The number of hydrogen-bond donors (Lipinski definition) is 2. The summed E-state index contributed by atoms with van der Waals surface area (Å²) in [4.78, 5) is -0.697. The molecule has 2 rings (SSSR count). The zero-order valence-electron chi connectivity index (χ0n) is 13.3. The fourth-order valence-corrected chi connectivity index (χ4v) is 3.86. The fraction of sp³-hybridized carbons (Fsp3) is 0.118. The van der Waals surface area contributed by atoms with E-state index in [0.29, 0.717) is 6.07 Å². The lowest BCUT2D eigenvalue weighted by Crippen LogP contribution is -2.09. The average Bonchev–Trinajstić information content (AvgIpc) is 2.56. The average molecular weight is 462 g/mol. The molecule has 0 radical (unpaired) electrons. The number of allylic oxidation sites excluding steroid dienone is 1. The Morgan fingerprint density at radius 3 is 2.44 bits per heavy atom. The molecule has 0 saturated carbocycles. The van der Waals surface area contributed by atoms with Gasteiger partial charge in [-0.3, -0.25) is 0 Å². The summed E-state index contributed by atoms with van der Waals surface area (Å²) in [5.74, 6) is -1.80. The standard InChI is InChI=1S/C17H11BrF3NO4S/c18-14-6-11(7-15(23)16(14)24)5-13(8-22)27(25,26)9-10-2-1-3-12(4-10)17(19,20)21/h1-7,23-24H,9H2. The van der Waals surface area contributed by atoms with Gasteiger partial charge in [0.25, 0.3) is 0 Å². The molecule has 2 aromatic rings. The minimum Gasteiger partial charge on any atom is -0.504 e. The van der Waals surface area contributed by atoms with E-state index in [1.165, 1.54) is 18.2 Å². The molecule has 0 aliphatic carbocycles. The van der Waals surface area contributed by atoms with Crippen molar-refractivity contribution in [1.29, 1.82) is 5.26 Å². The molecule has 0 amide bonds. The summed E-state index contributed by atoms with van der Waals surface area (Å²) in [6.07, 6.45) is -3.67. The monoisotopic (exact) mass is 461 g/mol. The van der Waals surface area contributed by atoms with Crippen molar-refractivity contribution in [3.63, 3.8) is 0 Å². The highest BCUT2D eigenvalue weighted by atomic mass is 79.9. The molecule has 0 spiro atoms. The van der Waals surface area contributed by atoms with Crippen LogP contribution in [0, 0.1) is 11.3 Å². The van der Waals surface area contributed by atoms with E-state index in [1.807, 2.05) is 0 Å². The number of phenols is 2. The van der Waals surface area contributed by atoms with E-state index in [0.717, 1.165) is 24.3 Å². The van der Waals surface area contributed by atoms with Gasteiger partial charge in [0.05, 0.1) is 15.8 Å². The summed E-state index contributed by atoms with van der Waals surface area (Å²) in [5, 5.41) is 28.2. The second-order valence-electron chi connectivity index (χ2n) is 5.45. The predicted octanol–water partition coefficient (Wildman–Crippen LogP) is 4.36. The summed E-state index contributed by atoms with van der Waals surface area (Å²) < 4.78 is 63.2. The van der Waals surface area contributed by atoms with Gasteiger partial charge in [0.15, 0.2) is 21.3 Å². The molecule has 0 bridgehead atoms. The van der Waals surface area contributed by atoms with Crippen molar-refractivity contribution in [1.82, 2.24) is 0 Å². The van der Waals surface area contributed by atoms with Gasteiger partial charge in [0.1, 0.15) is 11.0 Å². The summed E-state index contributed by atoms with van der Waals surface area (Å²) >= 11 is 2.96. The molecule has 0 atom stereocenters. The number of hydrogen-bond acceptors (Lipinski definition) is 5. The number of rotatable bonds is 4. The first-order chi connectivity index (χ1) is 12.4. The predicted molar refractivity (Wildman–Crippen MR) is 95.1 cm³/mol. The minimum atomic E-state index is -4.62. The Morgan fingerprint density at radius 1 is 1.22 bits per heavy atom. The number of aromatic hydroxyl groups is 2. The Hall–Kier alpha value is -2.51. The Morgan fingerprint density at radius 2 is 1.89 bits per heavy atom. The van der Waals surface area contributed by atoms with Gasteiger partial charge >= 0.3 is 6.18 Å². The number of nitriles is 1. The first-order valence-electron chi connectivity index (χ1n) is 7.16. The molecule has 0 saturated heterocycles. The maximum atomic E-state index is 12.8. The van der Waals surface area contributed by atoms with Gasteiger partial charge in [-0.2, -0.15) is 18.4 Å². The van der Waals surface area contributed by atoms with Crippen LogP contribution >= 0.6 is 15.9 Å². The van der Waals surface area contributed by atoms with Crippen LogP contribution in [0.2, 0.25) is 0 Å². The van der Waals surface area contributed by atoms with Crippen LogP contribution in [-0.2, 0) is 21.8 Å². The van der Waals surface area contributed by atoms with E-state index in [9.17, 15) is 37.1 Å². The third kappa shape index (κ3) is 5.02. The molecule has 2 aromatic carbocycles. The van der Waals surface area contributed by atoms with Crippen molar-refractivity contribution in [2.45, 2.75) is 11.9 Å². The van der Waals surface area contributed by atoms with E-state index in [2.05, 4.69) is 15.9 Å². The summed E-state index contributed by atoms with van der Waals surface area (Å²) in [7, 11) is -4.25. The lowest BCUT2D eigenvalue weighted by molar-refractivity contribution is -0.137. The molecule has 0 aliphatic heterocycles. The number of nitrogens with zero attached hydrogens (tertiary/aromatic N) is 1. The van der Waals surface area contributed by atoms with Crippen LogP contribution in [0.3, 0.4) is 0 Å². The van der Waals surface area contributed by atoms with Gasteiger partial charge in [-0.1, -0.05) is 18.2 Å². The molecule has 10 heteroatoms. The van der Waals surface area contributed by atoms with Crippen molar-refractivity contribution >= 4 is 31.8 Å². The number of halogens is 4.